The van der Waals surface area contributed by atoms with Gasteiger partial charge in [0.2, 0.25) is 0 Å². The fourth-order valence-corrected chi connectivity index (χ4v) is 2.84. The summed E-state index contributed by atoms with van der Waals surface area (Å²) in [7, 11) is 0. The molecule has 124 valence electrons. The average molecular weight is 372 g/mol. The fourth-order valence-electron chi connectivity index (χ4n) is 1.71. The first kappa shape index (κ1) is 17.9. The third-order valence-corrected chi connectivity index (χ3v) is 4.01. The molecular weight excluding hydrogens is 364 g/mol. The predicted molar refractivity (Wildman–Crippen MR) is 75.3 cm³/mol. The molecule has 0 aliphatic rings. The molecule has 9 heteroatoms. The first-order valence-corrected chi connectivity index (χ1v) is 7.45. The summed E-state index contributed by atoms with van der Waals surface area (Å²) < 4.78 is 76.5. The van der Waals surface area contributed by atoms with E-state index < -0.39 is 23.5 Å². The number of halogens is 7. The Hall–Kier alpha value is -1.41. The summed E-state index contributed by atoms with van der Waals surface area (Å²) in [5, 5.41) is 0.197. The summed E-state index contributed by atoms with van der Waals surface area (Å²) in [5.41, 5.74) is -2.02. The van der Waals surface area contributed by atoms with E-state index in [1.165, 1.54) is 12.3 Å². The zero-order valence-corrected chi connectivity index (χ0v) is 12.7. The van der Waals surface area contributed by atoms with Crippen LogP contribution in [0.25, 0.3) is 0 Å². The molecule has 0 atom stereocenters. The van der Waals surface area contributed by atoms with Gasteiger partial charge in [-0.1, -0.05) is 11.6 Å². The molecule has 2 aromatic rings. The standard InChI is InChI=1S/C14H8ClF6NS/c15-12-3-8(1-2-22-12)7-23-11-5-9(13(16,17)18)4-10(6-11)14(19,20)21/h1-6H,7H2. The second-order valence-electron chi connectivity index (χ2n) is 4.52. The molecule has 1 aromatic heterocycles. The van der Waals surface area contributed by atoms with Crippen molar-refractivity contribution < 1.29 is 26.3 Å². The highest BCUT2D eigenvalue weighted by atomic mass is 35.5. The lowest BCUT2D eigenvalue weighted by atomic mass is 10.1. The molecule has 0 aliphatic carbocycles. The third-order valence-electron chi connectivity index (χ3n) is 2.76. The molecule has 0 aliphatic heterocycles. The summed E-state index contributed by atoms with van der Waals surface area (Å²) in [6, 6.07) is 4.57. The molecule has 23 heavy (non-hydrogen) atoms. The molecule has 0 radical (unpaired) electrons. The highest BCUT2D eigenvalue weighted by molar-refractivity contribution is 7.98. The summed E-state index contributed by atoms with van der Waals surface area (Å²) in [5.74, 6) is 0.168. The van der Waals surface area contributed by atoms with Gasteiger partial charge in [-0.2, -0.15) is 26.3 Å². The Morgan fingerprint density at radius 3 is 1.96 bits per heavy atom. The second kappa shape index (κ2) is 6.60. The maximum atomic E-state index is 12.7. The third kappa shape index (κ3) is 5.04. The quantitative estimate of drug-likeness (QED) is 0.369. The van der Waals surface area contributed by atoms with Crippen LogP contribution in [0.4, 0.5) is 26.3 Å². The van der Waals surface area contributed by atoms with E-state index in [2.05, 4.69) is 4.98 Å². The molecule has 0 N–H and O–H groups in total. The smallest absolute Gasteiger partial charge is 0.245 e. The molecule has 0 spiro atoms. The molecule has 1 nitrogen and oxygen atoms in total. The minimum Gasteiger partial charge on any atom is -0.245 e. The van der Waals surface area contributed by atoms with Crippen LogP contribution in [-0.4, -0.2) is 4.98 Å². The summed E-state index contributed by atoms with van der Waals surface area (Å²) in [4.78, 5) is 3.62. The van der Waals surface area contributed by atoms with Crippen LogP contribution in [0.3, 0.4) is 0 Å². The highest BCUT2D eigenvalue weighted by Gasteiger charge is 2.36. The maximum Gasteiger partial charge on any atom is 0.416 e. The van der Waals surface area contributed by atoms with Crippen LogP contribution >= 0.6 is 23.4 Å². The van der Waals surface area contributed by atoms with E-state index in [-0.39, 0.29) is 21.9 Å². The number of rotatable bonds is 3. The lowest BCUT2D eigenvalue weighted by Crippen LogP contribution is -2.10. The zero-order valence-electron chi connectivity index (χ0n) is 11.2. The summed E-state index contributed by atoms with van der Waals surface area (Å²) in [6.45, 7) is 0. The molecule has 0 amide bonds. The molecule has 2 rings (SSSR count). The molecule has 0 saturated heterocycles. The van der Waals surface area contributed by atoms with Gasteiger partial charge in [-0.3, -0.25) is 0 Å². The van der Waals surface area contributed by atoms with Gasteiger partial charge in [-0.15, -0.1) is 11.8 Å². The van der Waals surface area contributed by atoms with Crippen molar-refractivity contribution >= 4 is 23.4 Å². The van der Waals surface area contributed by atoms with Crippen molar-refractivity contribution in [1.82, 2.24) is 4.98 Å². The maximum absolute atomic E-state index is 12.7. The van der Waals surface area contributed by atoms with Crippen LogP contribution < -0.4 is 0 Å². The van der Waals surface area contributed by atoms with Gasteiger partial charge in [0.15, 0.2) is 0 Å². The van der Waals surface area contributed by atoms with Crippen molar-refractivity contribution in [3.63, 3.8) is 0 Å². The van der Waals surface area contributed by atoms with E-state index in [0.29, 0.717) is 17.7 Å². The first-order valence-electron chi connectivity index (χ1n) is 6.08. The fraction of sp³-hybridized carbons (Fsp3) is 0.214. The Kier molecular flexibility index (Phi) is 5.15. The van der Waals surface area contributed by atoms with Crippen LogP contribution in [-0.2, 0) is 18.1 Å². The second-order valence-corrected chi connectivity index (χ2v) is 5.95. The van der Waals surface area contributed by atoms with Crippen molar-refractivity contribution in [3.05, 3.63) is 58.4 Å². The average Bonchev–Trinajstić information content (AvgIpc) is 2.43. The number of benzene rings is 1. The molecule has 0 bridgehead atoms. The van der Waals surface area contributed by atoms with Crippen molar-refractivity contribution in [2.24, 2.45) is 0 Å². The molecular formula is C14H8ClF6NS. The molecule has 0 saturated carbocycles. The van der Waals surface area contributed by atoms with Gasteiger partial charge < -0.3 is 0 Å². The van der Waals surface area contributed by atoms with Crippen molar-refractivity contribution in [1.29, 1.82) is 0 Å². The molecule has 0 unspecified atom stereocenters. The zero-order chi connectivity index (χ0) is 17.3. The van der Waals surface area contributed by atoms with Gasteiger partial charge in [0.25, 0.3) is 0 Å². The Morgan fingerprint density at radius 1 is 0.913 bits per heavy atom. The lowest BCUT2D eigenvalue weighted by Gasteiger charge is -2.14. The first-order chi connectivity index (χ1) is 10.6. The summed E-state index contributed by atoms with van der Waals surface area (Å²) in [6.07, 6.45) is -8.29. The van der Waals surface area contributed by atoms with Crippen molar-refractivity contribution in [3.8, 4) is 0 Å². The lowest BCUT2D eigenvalue weighted by molar-refractivity contribution is -0.143. The van der Waals surface area contributed by atoms with Crippen LogP contribution in [0.15, 0.2) is 41.4 Å². The van der Waals surface area contributed by atoms with Gasteiger partial charge in [-0.05, 0) is 35.9 Å². The Morgan fingerprint density at radius 2 is 1.48 bits per heavy atom. The van der Waals surface area contributed by atoms with Gasteiger partial charge in [0, 0.05) is 16.8 Å². The molecule has 1 heterocycles. The molecule has 0 fully saturated rings. The number of alkyl halides is 6. The van der Waals surface area contributed by atoms with Crippen LogP contribution in [0, 0.1) is 0 Å². The van der Waals surface area contributed by atoms with E-state index >= 15 is 0 Å². The Labute approximate surface area is 136 Å². The minimum absolute atomic E-state index is 0.105. The van der Waals surface area contributed by atoms with Gasteiger partial charge in [0.05, 0.1) is 11.1 Å². The van der Waals surface area contributed by atoms with Crippen LogP contribution in [0.2, 0.25) is 5.15 Å². The summed E-state index contributed by atoms with van der Waals surface area (Å²) >= 11 is 6.54. The number of aromatic nitrogens is 1. The van der Waals surface area contributed by atoms with Crippen molar-refractivity contribution in [2.75, 3.05) is 0 Å². The number of pyridine rings is 1. The van der Waals surface area contributed by atoms with E-state index in [0.717, 1.165) is 11.8 Å². The van der Waals surface area contributed by atoms with Crippen LogP contribution in [0.1, 0.15) is 16.7 Å². The number of hydrogen-bond acceptors (Lipinski definition) is 2. The SMILES string of the molecule is FC(F)(F)c1cc(SCc2ccnc(Cl)c2)cc(C(F)(F)F)c1. The monoisotopic (exact) mass is 371 g/mol. The topological polar surface area (TPSA) is 12.9 Å². The van der Waals surface area contributed by atoms with Gasteiger partial charge in [-0.25, -0.2) is 4.98 Å². The van der Waals surface area contributed by atoms with E-state index in [4.69, 9.17) is 11.6 Å². The van der Waals surface area contributed by atoms with Gasteiger partial charge in [0.1, 0.15) is 5.15 Å². The van der Waals surface area contributed by atoms with Gasteiger partial charge >= 0.3 is 12.4 Å². The molecule has 1 aromatic carbocycles. The largest absolute Gasteiger partial charge is 0.416 e. The van der Waals surface area contributed by atoms with Crippen molar-refractivity contribution in [2.45, 2.75) is 23.0 Å². The van der Waals surface area contributed by atoms with E-state index in [1.807, 2.05) is 0 Å². The number of nitrogens with zero attached hydrogens (tertiary/aromatic N) is 1. The number of thioether (sulfide) groups is 1. The number of hydrogen-bond donors (Lipinski definition) is 0. The highest BCUT2D eigenvalue weighted by Crippen LogP contribution is 2.38. The Balaban J connectivity index is 2.30. The van der Waals surface area contributed by atoms with Crippen LogP contribution in [0.5, 0.6) is 0 Å². The minimum atomic E-state index is -4.85. The predicted octanol–water partition coefficient (Wildman–Crippen LogP) is 6.06. The van der Waals surface area contributed by atoms with E-state index in [9.17, 15) is 26.3 Å². The van der Waals surface area contributed by atoms with E-state index in [1.54, 1.807) is 6.07 Å². The Bertz CT molecular complexity index is 666. The normalized spacial score (nSPS) is 12.5.